The van der Waals surface area contributed by atoms with Crippen LogP contribution >= 0.6 is 0 Å². The number of allylic oxidation sites excluding steroid dienone is 1. The molecule has 1 heterocycles. The summed E-state index contributed by atoms with van der Waals surface area (Å²) in [5.74, 6) is 0. The molecule has 1 aliphatic rings. The summed E-state index contributed by atoms with van der Waals surface area (Å²) in [7, 11) is -2.21. The fourth-order valence-corrected chi connectivity index (χ4v) is 5.31. The fourth-order valence-electron chi connectivity index (χ4n) is 4.23. The predicted molar refractivity (Wildman–Crippen MR) is 145 cm³/mol. The summed E-state index contributed by atoms with van der Waals surface area (Å²) < 4.78 is 55.1. The van der Waals surface area contributed by atoms with Gasteiger partial charge in [0.15, 0.2) is 6.29 Å². The number of benzene rings is 3. The molecule has 8 nitrogen and oxygen atoms in total. The Labute approximate surface area is 229 Å². The van der Waals surface area contributed by atoms with E-state index in [2.05, 4.69) is 0 Å². The molecule has 1 saturated heterocycles. The fraction of sp³-hybridized carbons (Fsp3) is 0.333. The van der Waals surface area contributed by atoms with Crippen molar-refractivity contribution in [3.8, 4) is 0 Å². The van der Waals surface area contributed by atoms with Gasteiger partial charge in [-0.05, 0) is 30.2 Å². The van der Waals surface area contributed by atoms with Crippen LogP contribution in [0.3, 0.4) is 0 Å². The SMILES string of the molecule is COC1OC(CO/C=C(\C)S(=O)(=O)c2ccccc2)C(O)C(OCc2ccccc2)C1OCc1ccccc1. The molecule has 0 aromatic heterocycles. The lowest BCUT2D eigenvalue weighted by Crippen LogP contribution is -2.60. The van der Waals surface area contributed by atoms with E-state index in [0.717, 1.165) is 17.4 Å². The maximum Gasteiger partial charge on any atom is 0.205 e. The van der Waals surface area contributed by atoms with Crippen molar-refractivity contribution < 1.29 is 37.2 Å². The molecule has 0 radical (unpaired) electrons. The summed E-state index contributed by atoms with van der Waals surface area (Å²) >= 11 is 0. The van der Waals surface area contributed by atoms with E-state index in [-0.39, 0.29) is 29.6 Å². The molecule has 5 atom stereocenters. The average molecular weight is 555 g/mol. The topological polar surface area (TPSA) is 101 Å². The third kappa shape index (κ3) is 7.54. The van der Waals surface area contributed by atoms with Crippen LogP contribution in [-0.2, 0) is 46.7 Å². The van der Waals surface area contributed by atoms with Crippen LogP contribution in [0.4, 0.5) is 0 Å². The van der Waals surface area contributed by atoms with Crippen molar-refractivity contribution in [3.63, 3.8) is 0 Å². The highest BCUT2D eigenvalue weighted by Gasteiger charge is 2.47. The largest absolute Gasteiger partial charge is 0.497 e. The van der Waals surface area contributed by atoms with Gasteiger partial charge in [-0.15, -0.1) is 0 Å². The maximum atomic E-state index is 12.8. The van der Waals surface area contributed by atoms with E-state index in [0.29, 0.717) is 0 Å². The molecule has 1 fully saturated rings. The molecule has 9 heteroatoms. The zero-order valence-electron chi connectivity index (χ0n) is 22.0. The lowest BCUT2D eigenvalue weighted by molar-refractivity contribution is -0.314. The van der Waals surface area contributed by atoms with Crippen LogP contribution in [0.1, 0.15) is 18.1 Å². The van der Waals surface area contributed by atoms with Gasteiger partial charge in [0.25, 0.3) is 0 Å². The van der Waals surface area contributed by atoms with E-state index < -0.39 is 40.5 Å². The number of hydrogen-bond donors (Lipinski definition) is 1. The zero-order chi connectivity index (χ0) is 27.7. The number of rotatable bonds is 12. The molecule has 3 aromatic rings. The van der Waals surface area contributed by atoms with Crippen molar-refractivity contribution in [2.75, 3.05) is 13.7 Å². The van der Waals surface area contributed by atoms with E-state index in [9.17, 15) is 13.5 Å². The maximum absolute atomic E-state index is 12.8. The van der Waals surface area contributed by atoms with Gasteiger partial charge in [0.2, 0.25) is 9.84 Å². The lowest BCUT2D eigenvalue weighted by atomic mass is 9.98. The molecule has 208 valence electrons. The molecular weight excluding hydrogens is 520 g/mol. The molecule has 0 aliphatic carbocycles. The Morgan fingerprint density at radius 2 is 1.36 bits per heavy atom. The van der Waals surface area contributed by atoms with E-state index in [4.69, 9.17) is 23.7 Å². The highest BCUT2D eigenvalue weighted by atomic mass is 32.2. The second-order valence-corrected chi connectivity index (χ2v) is 11.3. The van der Waals surface area contributed by atoms with Gasteiger partial charge in [-0.1, -0.05) is 78.9 Å². The van der Waals surface area contributed by atoms with Crippen LogP contribution in [0.15, 0.2) is 107 Å². The Balaban J connectivity index is 1.47. The highest BCUT2D eigenvalue weighted by molar-refractivity contribution is 7.95. The predicted octanol–water partition coefficient (Wildman–Crippen LogP) is 4.24. The van der Waals surface area contributed by atoms with E-state index >= 15 is 0 Å². The van der Waals surface area contributed by atoms with Gasteiger partial charge in [0.1, 0.15) is 31.0 Å². The number of ether oxygens (including phenoxy) is 5. The summed E-state index contributed by atoms with van der Waals surface area (Å²) in [6.45, 7) is 1.84. The van der Waals surface area contributed by atoms with Crippen LogP contribution in [0.5, 0.6) is 0 Å². The first-order chi connectivity index (χ1) is 18.9. The van der Waals surface area contributed by atoms with E-state index in [1.165, 1.54) is 26.2 Å². The normalized spacial score (nSPS) is 23.9. The van der Waals surface area contributed by atoms with Crippen LogP contribution in [0, 0.1) is 0 Å². The molecule has 39 heavy (non-hydrogen) atoms. The first-order valence-corrected chi connectivity index (χ1v) is 14.1. The van der Waals surface area contributed by atoms with Gasteiger partial charge < -0.3 is 28.8 Å². The minimum atomic E-state index is -3.70. The van der Waals surface area contributed by atoms with Crippen molar-refractivity contribution in [1.29, 1.82) is 0 Å². The van der Waals surface area contributed by atoms with Crippen molar-refractivity contribution in [3.05, 3.63) is 113 Å². The number of sulfone groups is 1. The standard InChI is InChI=1S/C30H34O8S/c1-22(39(32,33)25-16-10-5-11-17-25)18-35-21-26-27(31)28(36-19-23-12-6-3-7-13-23)29(30(34-2)38-26)37-20-24-14-8-4-9-15-24/h3-18,26-31H,19-21H2,1-2H3/b22-18+. The Morgan fingerprint density at radius 1 is 0.846 bits per heavy atom. The van der Waals surface area contributed by atoms with Gasteiger partial charge in [-0.2, -0.15) is 0 Å². The highest BCUT2D eigenvalue weighted by Crippen LogP contribution is 2.29. The summed E-state index contributed by atoms with van der Waals surface area (Å²) in [6.07, 6.45) is -3.24. The van der Waals surface area contributed by atoms with Crippen LogP contribution in [-0.4, -0.2) is 57.9 Å². The Bertz CT molecular complexity index is 1280. The van der Waals surface area contributed by atoms with Crippen molar-refractivity contribution in [2.24, 2.45) is 0 Å². The third-order valence-corrected chi connectivity index (χ3v) is 8.25. The lowest BCUT2D eigenvalue weighted by Gasteiger charge is -2.43. The van der Waals surface area contributed by atoms with Gasteiger partial charge in [0, 0.05) is 7.11 Å². The average Bonchev–Trinajstić information content (AvgIpc) is 2.97. The van der Waals surface area contributed by atoms with Crippen LogP contribution in [0.2, 0.25) is 0 Å². The second-order valence-electron chi connectivity index (χ2n) is 9.17. The Morgan fingerprint density at radius 3 is 1.90 bits per heavy atom. The molecule has 1 N–H and O–H groups in total. The Hall–Kier alpha value is -3.05. The molecule has 0 saturated carbocycles. The Kier molecular flexibility index (Phi) is 10.3. The summed E-state index contributed by atoms with van der Waals surface area (Å²) in [5.41, 5.74) is 1.89. The smallest absolute Gasteiger partial charge is 0.205 e. The summed E-state index contributed by atoms with van der Waals surface area (Å²) in [6, 6.07) is 27.4. The monoisotopic (exact) mass is 554 g/mol. The van der Waals surface area contributed by atoms with Gasteiger partial charge in [-0.25, -0.2) is 8.42 Å². The first kappa shape index (κ1) is 28.9. The van der Waals surface area contributed by atoms with E-state index in [1.54, 1.807) is 18.2 Å². The molecule has 4 rings (SSSR count). The number of methoxy groups -OCH3 is 1. The minimum Gasteiger partial charge on any atom is -0.497 e. The minimum absolute atomic E-state index is 0.0308. The molecule has 3 aromatic carbocycles. The van der Waals surface area contributed by atoms with Gasteiger partial charge in [-0.3, -0.25) is 0 Å². The number of hydrogen-bond acceptors (Lipinski definition) is 8. The second kappa shape index (κ2) is 13.8. The van der Waals surface area contributed by atoms with Crippen molar-refractivity contribution >= 4 is 9.84 Å². The summed E-state index contributed by atoms with van der Waals surface area (Å²) in [5, 5.41) is 11.3. The van der Waals surface area contributed by atoms with Crippen LogP contribution in [0.25, 0.3) is 0 Å². The summed E-state index contributed by atoms with van der Waals surface area (Å²) in [4.78, 5) is 0.201. The van der Waals surface area contributed by atoms with Crippen molar-refractivity contribution in [1.82, 2.24) is 0 Å². The van der Waals surface area contributed by atoms with Gasteiger partial charge >= 0.3 is 0 Å². The molecule has 1 aliphatic heterocycles. The molecule has 0 bridgehead atoms. The molecular formula is C30H34O8S. The quantitative estimate of drug-likeness (QED) is 0.332. The van der Waals surface area contributed by atoms with Gasteiger partial charge in [0.05, 0.1) is 29.3 Å². The number of aliphatic hydroxyl groups is 1. The molecule has 5 unspecified atom stereocenters. The third-order valence-electron chi connectivity index (χ3n) is 6.41. The first-order valence-electron chi connectivity index (χ1n) is 12.7. The van der Waals surface area contributed by atoms with Crippen LogP contribution < -0.4 is 0 Å². The van der Waals surface area contributed by atoms with Crippen molar-refractivity contribution in [2.45, 2.75) is 55.7 Å². The molecule has 0 amide bonds. The zero-order valence-corrected chi connectivity index (χ0v) is 22.8. The molecule has 0 spiro atoms. The number of aliphatic hydroxyl groups excluding tert-OH is 1. The van der Waals surface area contributed by atoms with E-state index in [1.807, 2.05) is 60.7 Å².